The van der Waals surface area contributed by atoms with Gasteiger partial charge in [0, 0.05) is 30.4 Å². The van der Waals surface area contributed by atoms with E-state index in [0.29, 0.717) is 29.7 Å². The quantitative estimate of drug-likeness (QED) is 0.377. The van der Waals surface area contributed by atoms with E-state index in [2.05, 4.69) is 25.3 Å². The highest BCUT2D eigenvalue weighted by Crippen LogP contribution is 2.13. The van der Waals surface area contributed by atoms with Crippen LogP contribution < -0.4 is 5.32 Å². The first kappa shape index (κ1) is 13.8. The van der Waals surface area contributed by atoms with E-state index >= 15 is 0 Å². The van der Waals surface area contributed by atoms with Gasteiger partial charge in [0.1, 0.15) is 5.52 Å². The molecule has 0 unspecified atom stereocenters. The molecule has 2 aromatic rings. The van der Waals surface area contributed by atoms with E-state index in [4.69, 9.17) is 5.53 Å². The lowest BCUT2D eigenvalue weighted by atomic mass is 10.1. The summed E-state index contributed by atoms with van der Waals surface area (Å²) in [5.41, 5.74) is 9.95. The van der Waals surface area contributed by atoms with Gasteiger partial charge in [-0.15, -0.1) is 0 Å². The number of nitrogens with one attached hydrogen (secondary N) is 1. The van der Waals surface area contributed by atoms with Crippen molar-refractivity contribution in [2.24, 2.45) is 5.11 Å². The van der Waals surface area contributed by atoms with E-state index in [1.54, 1.807) is 24.5 Å². The SMILES string of the molecule is [N-]=[N+]=NCCCCNC(=O)c1cccc2nccnc12. The van der Waals surface area contributed by atoms with Crippen molar-refractivity contribution in [2.45, 2.75) is 12.8 Å². The highest BCUT2D eigenvalue weighted by atomic mass is 16.1. The maximum Gasteiger partial charge on any atom is 0.253 e. The monoisotopic (exact) mass is 270 g/mol. The Morgan fingerprint density at radius 3 is 3.00 bits per heavy atom. The highest BCUT2D eigenvalue weighted by Gasteiger charge is 2.10. The Bertz CT molecular complexity index is 645. The van der Waals surface area contributed by atoms with Crippen molar-refractivity contribution < 1.29 is 4.79 Å². The normalized spacial score (nSPS) is 10.0. The fourth-order valence-electron chi connectivity index (χ4n) is 1.83. The molecule has 7 nitrogen and oxygen atoms in total. The molecule has 1 amide bonds. The third kappa shape index (κ3) is 3.43. The summed E-state index contributed by atoms with van der Waals surface area (Å²) in [6, 6.07) is 5.33. The van der Waals surface area contributed by atoms with Crippen molar-refractivity contribution in [1.82, 2.24) is 15.3 Å². The zero-order valence-electron chi connectivity index (χ0n) is 10.9. The van der Waals surface area contributed by atoms with Crippen molar-refractivity contribution in [1.29, 1.82) is 0 Å². The summed E-state index contributed by atoms with van der Waals surface area (Å²) in [7, 11) is 0. The average molecular weight is 270 g/mol. The largest absolute Gasteiger partial charge is 0.352 e. The molecule has 0 aliphatic carbocycles. The van der Waals surface area contributed by atoms with Crippen LogP contribution in [-0.4, -0.2) is 29.0 Å². The lowest BCUT2D eigenvalue weighted by Crippen LogP contribution is -2.25. The molecule has 7 heteroatoms. The molecule has 0 aliphatic heterocycles. The number of amides is 1. The van der Waals surface area contributed by atoms with Crippen LogP contribution in [0.5, 0.6) is 0 Å². The molecule has 0 saturated carbocycles. The summed E-state index contributed by atoms with van der Waals surface area (Å²) in [5.74, 6) is -0.167. The molecule has 1 N–H and O–H groups in total. The van der Waals surface area contributed by atoms with Crippen molar-refractivity contribution in [3.63, 3.8) is 0 Å². The van der Waals surface area contributed by atoms with Gasteiger partial charge < -0.3 is 5.32 Å². The number of para-hydroxylation sites is 1. The van der Waals surface area contributed by atoms with Crippen LogP contribution in [0.25, 0.3) is 21.5 Å². The number of hydrogen-bond donors (Lipinski definition) is 1. The van der Waals surface area contributed by atoms with E-state index < -0.39 is 0 Å². The van der Waals surface area contributed by atoms with Gasteiger partial charge in [0.15, 0.2) is 0 Å². The molecule has 0 radical (unpaired) electrons. The Hall–Kier alpha value is -2.66. The molecule has 0 saturated heterocycles. The molecular weight excluding hydrogens is 256 g/mol. The van der Waals surface area contributed by atoms with E-state index in [1.165, 1.54) is 0 Å². The summed E-state index contributed by atoms with van der Waals surface area (Å²) in [6.45, 7) is 0.989. The standard InChI is InChI=1S/C13H14N6O/c14-19-18-7-2-1-6-17-13(20)10-4-3-5-11-12(10)16-9-8-15-11/h3-5,8-9H,1-2,6-7H2,(H,17,20). The minimum absolute atomic E-state index is 0.167. The Kier molecular flexibility index (Phi) is 4.86. The van der Waals surface area contributed by atoms with E-state index in [0.717, 1.165) is 12.8 Å². The third-order valence-electron chi connectivity index (χ3n) is 2.78. The molecule has 1 aromatic heterocycles. The summed E-state index contributed by atoms with van der Waals surface area (Å²) >= 11 is 0. The van der Waals surface area contributed by atoms with Crippen molar-refractivity contribution in [2.75, 3.05) is 13.1 Å². The van der Waals surface area contributed by atoms with E-state index in [1.807, 2.05) is 6.07 Å². The first-order valence-electron chi connectivity index (χ1n) is 6.31. The zero-order valence-corrected chi connectivity index (χ0v) is 10.9. The van der Waals surface area contributed by atoms with Gasteiger partial charge >= 0.3 is 0 Å². The smallest absolute Gasteiger partial charge is 0.253 e. The number of rotatable bonds is 6. The minimum Gasteiger partial charge on any atom is -0.352 e. The topological polar surface area (TPSA) is 104 Å². The second-order valence-corrected chi connectivity index (χ2v) is 4.15. The predicted octanol–water partition coefficient (Wildman–Crippen LogP) is 2.45. The number of unbranched alkanes of at least 4 members (excludes halogenated alkanes) is 1. The molecule has 1 heterocycles. The lowest BCUT2D eigenvalue weighted by Gasteiger charge is -2.06. The van der Waals surface area contributed by atoms with Crippen molar-refractivity contribution in [3.05, 3.63) is 46.6 Å². The minimum atomic E-state index is -0.167. The molecule has 20 heavy (non-hydrogen) atoms. The number of nitrogens with zero attached hydrogens (tertiary/aromatic N) is 5. The van der Waals surface area contributed by atoms with Gasteiger partial charge in [-0.1, -0.05) is 11.2 Å². The molecule has 0 spiro atoms. The van der Waals surface area contributed by atoms with Crippen molar-refractivity contribution >= 4 is 16.9 Å². The maximum atomic E-state index is 12.1. The Labute approximate surface area is 115 Å². The van der Waals surface area contributed by atoms with Gasteiger partial charge in [-0.2, -0.15) is 0 Å². The number of azide groups is 1. The van der Waals surface area contributed by atoms with Gasteiger partial charge in [0.2, 0.25) is 0 Å². The van der Waals surface area contributed by atoms with Crippen LogP contribution in [0.2, 0.25) is 0 Å². The summed E-state index contributed by atoms with van der Waals surface area (Å²) in [5, 5.41) is 6.26. The van der Waals surface area contributed by atoms with Crippen LogP contribution in [0.1, 0.15) is 23.2 Å². The van der Waals surface area contributed by atoms with Crippen LogP contribution in [0, 0.1) is 0 Å². The Morgan fingerprint density at radius 1 is 1.30 bits per heavy atom. The molecule has 1 aromatic carbocycles. The van der Waals surface area contributed by atoms with Crippen molar-refractivity contribution in [3.8, 4) is 0 Å². The number of fused-ring (bicyclic) bond motifs is 1. The number of carbonyl (C=O) groups is 1. The van der Waals surface area contributed by atoms with Crippen LogP contribution >= 0.6 is 0 Å². The third-order valence-corrected chi connectivity index (χ3v) is 2.78. The van der Waals surface area contributed by atoms with Crippen LogP contribution in [-0.2, 0) is 0 Å². The zero-order chi connectivity index (χ0) is 14.2. The van der Waals surface area contributed by atoms with Gasteiger partial charge in [0.25, 0.3) is 5.91 Å². The molecule has 0 aliphatic rings. The fraction of sp³-hybridized carbons (Fsp3) is 0.308. The second kappa shape index (κ2) is 7.06. The number of carbonyl (C=O) groups excluding carboxylic acids is 1. The summed E-state index contributed by atoms with van der Waals surface area (Å²) in [6.07, 6.45) is 4.68. The van der Waals surface area contributed by atoms with Crippen LogP contribution in [0.4, 0.5) is 0 Å². The van der Waals surface area contributed by atoms with Gasteiger partial charge in [-0.05, 0) is 30.5 Å². The Balaban J connectivity index is 1.96. The average Bonchev–Trinajstić information content (AvgIpc) is 2.50. The first-order valence-corrected chi connectivity index (χ1v) is 6.31. The molecule has 102 valence electrons. The molecule has 0 fully saturated rings. The summed E-state index contributed by atoms with van der Waals surface area (Å²) in [4.78, 5) is 23.1. The fourth-order valence-corrected chi connectivity index (χ4v) is 1.83. The highest BCUT2D eigenvalue weighted by molar-refractivity contribution is 6.04. The van der Waals surface area contributed by atoms with Crippen LogP contribution in [0.3, 0.4) is 0 Å². The summed E-state index contributed by atoms with van der Waals surface area (Å²) < 4.78 is 0. The van der Waals surface area contributed by atoms with Gasteiger partial charge in [-0.3, -0.25) is 14.8 Å². The van der Waals surface area contributed by atoms with E-state index in [-0.39, 0.29) is 5.91 Å². The number of hydrogen-bond acceptors (Lipinski definition) is 4. The van der Waals surface area contributed by atoms with Crippen LogP contribution in [0.15, 0.2) is 35.7 Å². The van der Waals surface area contributed by atoms with E-state index in [9.17, 15) is 4.79 Å². The second-order valence-electron chi connectivity index (χ2n) is 4.15. The Morgan fingerprint density at radius 2 is 2.15 bits per heavy atom. The molecule has 0 bridgehead atoms. The first-order chi connectivity index (χ1) is 9.83. The number of aromatic nitrogens is 2. The lowest BCUT2D eigenvalue weighted by molar-refractivity contribution is 0.0954. The molecular formula is C13H14N6O. The predicted molar refractivity (Wildman–Crippen MR) is 75.1 cm³/mol. The van der Waals surface area contributed by atoms with Gasteiger partial charge in [0.05, 0.1) is 11.1 Å². The maximum absolute atomic E-state index is 12.1. The molecule has 2 rings (SSSR count). The van der Waals surface area contributed by atoms with Gasteiger partial charge in [-0.25, -0.2) is 0 Å². The number of benzene rings is 1. The molecule has 0 atom stereocenters.